The number of nitrogens with zero attached hydrogens (tertiary/aromatic N) is 3. The van der Waals surface area contributed by atoms with Gasteiger partial charge in [-0.05, 0) is 32.3 Å². The van der Waals surface area contributed by atoms with Crippen LogP contribution >= 0.6 is 48.4 Å². The Bertz CT molecular complexity index is 600. The van der Waals surface area contributed by atoms with Gasteiger partial charge >= 0.3 is 0 Å². The van der Waals surface area contributed by atoms with Gasteiger partial charge in [-0.15, -0.1) is 0 Å². The maximum Gasteiger partial charge on any atom is 0.179 e. The molecule has 0 aliphatic carbocycles. The summed E-state index contributed by atoms with van der Waals surface area (Å²) < 4.78 is 17.4. The summed E-state index contributed by atoms with van der Waals surface area (Å²) in [4.78, 5) is 8.45. The van der Waals surface area contributed by atoms with Gasteiger partial charge in [0, 0.05) is 17.1 Å². The van der Waals surface area contributed by atoms with Crippen molar-refractivity contribution in [1.29, 1.82) is 0 Å². The molecule has 0 aliphatic rings. The number of hydrogen-bond acceptors (Lipinski definition) is 6. The van der Waals surface area contributed by atoms with Crippen molar-refractivity contribution in [2.24, 2.45) is 4.99 Å². The van der Waals surface area contributed by atoms with Gasteiger partial charge in [-0.3, -0.25) is 0 Å². The van der Waals surface area contributed by atoms with Crippen LogP contribution in [-0.2, 0) is 0 Å². The third-order valence-electron chi connectivity index (χ3n) is 1.89. The first-order valence-electron chi connectivity index (χ1n) is 4.82. The average Bonchev–Trinajstić information content (AvgIpc) is 2.75. The third-order valence-corrected chi connectivity index (χ3v) is 4.50. The number of aromatic nitrogens is 2. The van der Waals surface area contributed by atoms with Gasteiger partial charge in [0.05, 0.1) is 11.9 Å². The van der Waals surface area contributed by atoms with E-state index in [1.807, 2.05) is 0 Å². The van der Waals surface area contributed by atoms with Crippen LogP contribution in [0.5, 0.6) is 0 Å². The number of hydrogen-bond donors (Lipinski definition) is 1. The molecule has 0 saturated carbocycles. The van der Waals surface area contributed by atoms with Crippen molar-refractivity contribution in [2.45, 2.75) is 0 Å². The Balaban J connectivity index is 2.41. The van der Waals surface area contributed by atoms with Crippen LogP contribution in [-0.4, -0.2) is 22.6 Å². The molecule has 0 saturated heterocycles. The first-order valence-corrected chi connectivity index (χ1v) is 8.10. The number of rotatable bonds is 4. The van der Waals surface area contributed by atoms with E-state index < -0.39 is 6.67 Å². The molecule has 18 heavy (non-hydrogen) atoms. The number of pyridine rings is 1. The summed E-state index contributed by atoms with van der Waals surface area (Å²) in [5, 5.41) is 3.31. The highest BCUT2D eigenvalue weighted by molar-refractivity contribution is 9.10. The summed E-state index contributed by atoms with van der Waals surface area (Å²) >= 11 is 9.14. The summed E-state index contributed by atoms with van der Waals surface area (Å²) in [7, 11) is 2.64. The standard InChI is InChI=1S/C9H7BrClFN4S2/c10-7-3-5(13-2-1-12)6(4-14-7)15-9-8(11)16-18-17-9/h3-4H,1-2H2,(H,13,14). The molecule has 0 unspecified atom stereocenters. The van der Waals surface area contributed by atoms with Crippen LogP contribution in [0.2, 0.25) is 5.15 Å². The third kappa shape index (κ3) is 3.47. The Morgan fingerprint density at radius 2 is 2.39 bits per heavy atom. The molecule has 0 aliphatic heterocycles. The summed E-state index contributed by atoms with van der Waals surface area (Å²) in [5.41, 5.74) is 1.30. The summed E-state index contributed by atoms with van der Waals surface area (Å²) in [6.45, 7) is -0.235. The second kappa shape index (κ2) is 6.55. The molecule has 2 aromatic heterocycles. The molecule has 0 fully saturated rings. The Hall–Kier alpha value is -0.570. The molecule has 2 rings (SSSR count). The van der Waals surface area contributed by atoms with Crippen molar-refractivity contribution in [3.63, 3.8) is 0 Å². The van der Waals surface area contributed by atoms with Gasteiger partial charge in [0.15, 0.2) is 9.82 Å². The number of anilines is 1. The van der Waals surface area contributed by atoms with Gasteiger partial charge in [-0.2, -0.15) is 4.37 Å². The van der Waals surface area contributed by atoms with Crippen LogP contribution < -0.4 is 9.99 Å². The monoisotopic (exact) mass is 368 g/mol. The van der Waals surface area contributed by atoms with E-state index in [4.69, 9.17) is 11.6 Å². The molecule has 2 aromatic rings. The lowest BCUT2D eigenvalue weighted by atomic mass is 10.3. The molecule has 0 radical (unpaired) electrons. The van der Waals surface area contributed by atoms with Crippen molar-refractivity contribution >= 4 is 59.8 Å². The Morgan fingerprint density at radius 3 is 3.06 bits per heavy atom. The molecule has 0 atom stereocenters. The lowest BCUT2D eigenvalue weighted by molar-refractivity contribution is 0.513. The summed E-state index contributed by atoms with van der Waals surface area (Å²) in [6, 6.07) is 1.74. The van der Waals surface area contributed by atoms with Crippen LogP contribution in [0, 0.1) is 0 Å². The number of halogens is 3. The molecule has 1 N–H and O–H groups in total. The van der Waals surface area contributed by atoms with E-state index >= 15 is 0 Å². The fraction of sp³-hybridized carbons (Fsp3) is 0.222. The van der Waals surface area contributed by atoms with Crippen LogP contribution in [0.1, 0.15) is 0 Å². The Morgan fingerprint density at radius 1 is 1.56 bits per heavy atom. The van der Waals surface area contributed by atoms with E-state index in [0.717, 1.165) is 0 Å². The fourth-order valence-electron chi connectivity index (χ4n) is 1.17. The zero-order chi connectivity index (χ0) is 13.0. The van der Waals surface area contributed by atoms with E-state index in [0.29, 0.717) is 25.8 Å². The highest BCUT2D eigenvalue weighted by atomic mass is 79.9. The molecular formula is C9H7BrClFN4S2. The zero-order valence-corrected chi connectivity index (χ0v) is 12.8. The maximum absolute atomic E-state index is 12.2. The number of nitrogens with one attached hydrogen (secondary N) is 1. The predicted octanol–water partition coefficient (Wildman–Crippen LogP) is 3.63. The lowest BCUT2D eigenvalue weighted by Gasteiger charge is -2.06. The van der Waals surface area contributed by atoms with Gasteiger partial charge in [0.25, 0.3) is 0 Å². The van der Waals surface area contributed by atoms with Gasteiger partial charge < -0.3 is 5.32 Å². The molecule has 0 bridgehead atoms. The molecule has 0 amide bonds. The Kier molecular flexibility index (Phi) is 5.04. The van der Waals surface area contributed by atoms with E-state index in [1.54, 1.807) is 12.3 Å². The highest BCUT2D eigenvalue weighted by Crippen LogP contribution is 2.26. The second-order valence-corrected chi connectivity index (χ2v) is 6.10. The van der Waals surface area contributed by atoms with Gasteiger partial charge in [-0.1, -0.05) is 11.6 Å². The second-order valence-electron chi connectivity index (χ2n) is 3.10. The van der Waals surface area contributed by atoms with E-state index in [2.05, 4.69) is 35.6 Å². The quantitative estimate of drug-likeness (QED) is 0.661. The molecule has 2 heterocycles. The van der Waals surface area contributed by atoms with Gasteiger partial charge in [0.1, 0.15) is 17.0 Å². The van der Waals surface area contributed by atoms with Gasteiger partial charge in [-0.25, -0.2) is 14.4 Å². The molecule has 96 valence electrons. The van der Waals surface area contributed by atoms with E-state index in [9.17, 15) is 4.39 Å². The zero-order valence-electron chi connectivity index (χ0n) is 8.86. The molecule has 0 spiro atoms. The SMILES string of the molecule is FCCNc1cc(Br)ncc1N=c1ssnc1Cl. The van der Waals surface area contributed by atoms with Crippen molar-refractivity contribution in [3.05, 3.63) is 26.7 Å². The minimum Gasteiger partial charge on any atom is -0.381 e. The van der Waals surface area contributed by atoms with E-state index in [1.165, 1.54) is 20.9 Å². The van der Waals surface area contributed by atoms with Crippen molar-refractivity contribution < 1.29 is 4.39 Å². The minimum atomic E-state index is -0.456. The predicted molar refractivity (Wildman–Crippen MR) is 76.6 cm³/mol. The van der Waals surface area contributed by atoms with Crippen LogP contribution in [0.3, 0.4) is 0 Å². The first-order chi connectivity index (χ1) is 8.70. The Labute approximate surface area is 123 Å². The van der Waals surface area contributed by atoms with Crippen LogP contribution in [0.4, 0.5) is 15.8 Å². The summed E-state index contributed by atoms with van der Waals surface area (Å²) in [6.07, 6.45) is 1.59. The largest absolute Gasteiger partial charge is 0.381 e. The number of alkyl halides is 1. The molecular weight excluding hydrogens is 363 g/mol. The average molecular weight is 370 g/mol. The molecule has 0 aromatic carbocycles. The van der Waals surface area contributed by atoms with Crippen LogP contribution in [0.15, 0.2) is 21.9 Å². The summed E-state index contributed by atoms with van der Waals surface area (Å²) in [5.74, 6) is 0. The molecule has 9 heteroatoms. The van der Waals surface area contributed by atoms with Crippen molar-refractivity contribution in [2.75, 3.05) is 18.5 Å². The topological polar surface area (TPSA) is 50.2 Å². The minimum absolute atomic E-state index is 0.220. The molecule has 4 nitrogen and oxygen atoms in total. The van der Waals surface area contributed by atoms with Crippen molar-refractivity contribution in [3.8, 4) is 0 Å². The first kappa shape index (κ1) is 13.9. The maximum atomic E-state index is 12.2. The smallest absolute Gasteiger partial charge is 0.179 e. The van der Waals surface area contributed by atoms with Crippen molar-refractivity contribution in [1.82, 2.24) is 9.36 Å². The lowest BCUT2D eigenvalue weighted by Crippen LogP contribution is -2.04. The van der Waals surface area contributed by atoms with E-state index in [-0.39, 0.29) is 6.54 Å². The highest BCUT2D eigenvalue weighted by Gasteiger charge is 2.05. The normalized spacial score (nSPS) is 11.8. The van der Waals surface area contributed by atoms with Gasteiger partial charge in [0.2, 0.25) is 0 Å². The fourth-order valence-corrected chi connectivity index (χ4v) is 3.49. The van der Waals surface area contributed by atoms with Crippen LogP contribution in [0.25, 0.3) is 0 Å².